The average Bonchev–Trinajstić information content (AvgIpc) is 2.23. The molecule has 0 fully saturated rings. The van der Waals surface area contributed by atoms with Crippen LogP contribution in [0.2, 0.25) is 0 Å². The molecular weight excluding hydrogens is 182 g/mol. The second-order valence-electron chi connectivity index (χ2n) is 4.62. The predicted octanol–water partition coefficient (Wildman–Crippen LogP) is 3.92. The molecule has 0 aliphatic heterocycles. The molecule has 0 amide bonds. The minimum atomic E-state index is 0.349. The Labute approximate surface area is 95.7 Å². The lowest BCUT2D eigenvalue weighted by Crippen LogP contribution is -2.12. The Morgan fingerprint density at radius 3 is 2.40 bits per heavy atom. The highest BCUT2D eigenvalue weighted by molar-refractivity contribution is 5.14. The molecule has 1 heteroatoms. The lowest BCUT2D eigenvalue weighted by Gasteiger charge is -2.25. The molecule has 15 heavy (non-hydrogen) atoms. The van der Waals surface area contributed by atoms with E-state index >= 15 is 0 Å². The first-order valence-electron chi connectivity index (χ1n) is 6.03. The van der Waals surface area contributed by atoms with E-state index in [1.165, 1.54) is 6.42 Å². The van der Waals surface area contributed by atoms with Crippen molar-refractivity contribution in [2.75, 3.05) is 13.6 Å². The third-order valence-corrected chi connectivity index (χ3v) is 3.17. The molecule has 0 rings (SSSR count). The Balaban J connectivity index is 4.08. The summed E-state index contributed by atoms with van der Waals surface area (Å²) in [6.07, 6.45) is 10.3. The molecule has 0 aromatic rings. The molecule has 0 aromatic heterocycles. The van der Waals surface area contributed by atoms with Crippen molar-refractivity contribution in [1.82, 2.24) is 5.32 Å². The van der Waals surface area contributed by atoms with Crippen molar-refractivity contribution in [3.63, 3.8) is 0 Å². The zero-order valence-electron chi connectivity index (χ0n) is 11.1. The number of allylic oxidation sites excluding steroid dienone is 3. The molecule has 88 valence electrons. The highest BCUT2D eigenvalue weighted by Crippen LogP contribution is 2.32. The fourth-order valence-electron chi connectivity index (χ4n) is 1.57. The van der Waals surface area contributed by atoms with Crippen LogP contribution in [0.3, 0.4) is 0 Å². The Bertz CT molecular complexity index is 211. The van der Waals surface area contributed by atoms with Crippen LogP contribution in [0.5, 0.6) is 0 Å². The monoisotopic (exact) mass is 209 g/mol. The van der Waals surface area contributed by atoms with E-state index in [0.717, 1.165) is 19.4 Å². The largest absolute Gasteiger partial charge is 0.319 e. The minimum absolute atomic E-state index is 0.349. The van der Waals surface area contributed by atoms with Gasteiger partial charge < -0.3 is 5.32 Å². The van der Waals surface area contributed by atoms with Gasteiger partial charge in [0.25, 0.3) is 0 Å². The van der Waals surface area contributed by atoms with Crippen LogP contribution in [0.4, 0.5) is 0 Å². The van der Waals surface area contributed by atoms with E-state index in [1.807, 2.05) is 7.05 Å². The topological polar surface area (TPSA) is 12.0 Å². The van der Waals surface area contributed by atoms with Crippen molar-refractivity contribution >= 4 is 0 Å². The molecule has 0 aliphatic carbocycles. The van der Waals surface area contributed by atoms with Gasteiger partial charge in [-0.3, -0.25) is 0 Å². The lowest BCUT2D eigenvalue weighted by molar-refractivity contribution is 0.421. The zero-order valence-corrected chi connectivity index (χ0v) is 11.1. The third-order valence-electron chi connectivity index (χ3n) is 3.17. The standard InChI is InChI=1S/C14H27N/c1-6-13(14(3,4)7-2)11-9-8-10-12-15-5/h6,8-9,15H,7,10-12H2,1-5H3/b9-8-,13-6+. The molecule has 0 spiro atoms. The maximum atomic E-state index is 3.15. The fourth-order valence-corrected chi connectivity index (χ4v) is 1.57. The lowest BCUT2D eigenvalue weighted by atomic mass is 9.80. The van der Waals surface area contributed by atoms with Gasteiger partial charge in [0, 0.05) is 0 Å². The summed E-state index contributed by atoms with van der Waals surface area (Å²) < 4.78 is 0. The summed E-state index contributed by atoms with van der Waals surface area (Å²) in [5.41, 5.74) is 1.90. The van der Waals surface area contributed by atoms with Crippen molar-refractivity contribution in [1.29, 1.82) is 0 Å². The van der Waals surface area contributed by atoms with Gasteiger partial charge in [0.15, 0.2) is 0 Å². The zero-order chi connectivity index (χ0) is 11.7. The first kappa shape index (κ1) is 14.4. The SMILES string of the molecule is C/C=C(\C/C=C\CCNC)C(C)(C)CC. The highest BCUT2D eigenvalue weighted by atomic mass is 14.8. The Morgan fingerprint density at radius 2 is 1.93 bits per heavy atom. The first-order chi connectivity index (χ1) is 7.08. The first-order valence-corrected chi connectivity index (χ1v) is 6.03. The molecule has 0 aliphatic rings. The summed E-state index contributed by atoms with van der Waals surface area (Å²) in [5, 5.41) is 3.15. The van der Waals surface area contributed by atoms with Gasteiger partial charge in [-0.05, 0) is 45.2 Å². The van der Waals surface area contributed by atoms with Crippen molar-refractivity contribution in [2.45, 2.75) is 47.0 Å². The van der Waals surface area contributed by atoms with Crippen molar-refractivity contribution in [3.8, 4) is 0 Å². The molecule has 0 saturated carbocycles. The molecule has 0 radical (unpaired) electrons. The van der Waals surface area contributed by atoms with E-state index < -0.39 is 0 Å². The van der Waals surface area contributed by atoms with E-state index in [4.69, 9.17) is 0 Å². The van der Waals surface area contributed by atoms with Gasteiger partial charge in [0.05, 0.1) is 0 Å². The molecule has 0 saturated heterocycles. The maximum absolute atomic E-state index is 3.15. The average molecular weight is 209 g/mol. The normalized spacial score (nSPS) is 13.8. The second-order valence-corrected chi connectivity index (χ2v) is 4.62. The molecule has 0 aromatic carbocycles. The Hall–Kier alpha value is -0.560. The van der Waals surface area contributed by atoms with E-state index in [1.54, 1.807) is 5.57 Å². The summed E-state index contributed by atoms with van der Waals surface area (Å²) in [7, 11) is 1.99. The van der Waals surface area contributed by atoms with E-state index in [2.05, 4.69) is 51.2 Å². The van der Waals surface area contributed by atoms with Gasteiger partial charge in [-0.25, -0.2) is 0 Å². The van der Waals surface area contributed by atoms with E-state index in [9.17, 15) is 0 Å². The van der Waals surface area contributed by atoms with Gasteiger partial charge in [0.2, 0.25) is 0 Å². The van der Waals surface area contributed by atoms with Crippen LogP contribution in [0.25, 0.3) is 0 Å². The highest BCUT2D eigenvalue weighted by Gasteiger charge is 2.18. The van der Waals surface area contributed by atoms with Crippen LogP contribution >= 0.6 is 0 Å². The van der Waals surface area contributed by atoms with Crippen LogP contribution in [0.1, 0.15) is 47.0 Å². The number of nitrogens with one attached hydrogen (secondary N) is 1. The van der Waals surface area contributed by atoms with Crippen molar-refractivity contribution < 1.29 is 0 Å². The van der Waals surface area contributed by atoms with E-state index in [-0.39, 0.29) is 0 Å². The Morgan fingerprint density at radius 1 is 1.27 bits per heavy atom. The quantitative estimate of drug-likeness (QED) is 0.495. The van der Waals surface area contributed by atoms with Gasteiger partial charge >= 0.3 is 0 Å². The third kappa shape index (κ3) is 5.78. The number of rotatable bonds is 7. The van der Waals surface area contributed by atoms with Gasteiger partial charge in [0.1, 0.15) is 0 Å². The van der Waals surface area contributed by atoms with Crippen molar-refractivity contribution in [2.24, 2.45) is 5.41 Å². The Kier molecular flexibility index (Phi) is 7.41. The van der Waals surface area contributed by atoms with E-state index in [0.29, 0.717) is 5.41 Å². The summed E-state index contributed by atoms with van der Waals surface area (Å²) >= 11 is 0. The molecule has 0 bridgehead atoms. The minimum Gasteiger partial charge on any atom is -0.319 e. The summed E-state index contributed by atoms with van der Waals surface area (Å²) in [5.74, 6) is 0. The molecular formula is C14H27N. The van der Waals surface area contributed by atoms with Gasteiger partial charge in [-0.15, -0.1) is 0 Å². The smallest absolute Gasteiger partial charge is 0.00173 e. The van der Waals surface area contributed by atoms with Crippen LogP contribution in [-0.2, 0) is 0 Å². The molecule has 1 N–H and O–H groups in total. The fraction of sp³-hybridized carbons (Fsp3) is 0.714. The predicted molar refractivity (Wildman–Crippen MR) is 70.1 cm³/mol. The van der Waals surface area contributed by atoms with Gasteiger partial charge in [-0.2, -0.15) is 0 Å². The molecule has 1 nitrogen and oxygen atoms in total. The van der Waals surface area contributed by atoms with Crippen LogP contribution in [0.15, 0.2) is 23.8 Å². The number of hydrogen-bond donors (Lipinski definition) is 1. The molecule has 0 atom stereocenters. The molecule has 0 heterocycles. The van der Waals surface area contributed by atoms with Crippen molar-refractivity contribution in [3.05, 3.63) is 23.8 Å². The number of hydrogen-bond acceptors (Lipinski definition) is 1. The van der Waals surface area contributed by atoms with Crippen LogP contribution in [-0.4, -0.2) is 13.6 Å². The van der Waals surface area contributed by atoms with Crippen LogP contribution in [0, 0.1) is 5.41 Å². The summed E-state index contributed by atoms with van der Waals surface area (Å²) in [6, 6.07) is 0. The maximum Gasteiger partial charge on any atom is -0.00173 e. The summed E-state index contributed by atoms with van der Waals surface area (Å²) in [6.45, 7) is 10.1. The van der Waals surface area contributed by atoms with Crippen LogP contribution < -0.4 is 5.32 Å². The summed E-state index contributed by atoms with van der Waals surface area (Å²) in [4.78, 5) is 0. The van der Waals surface area contributed by atoms with Gasteiger partial charge in [-0.1, -0.05) is 44.6 Å². The second kappa shape index (κ2) is 7.70. The molecule has 0 unspecified atom stereocenters.